The average molecular weight is 1580 g/mol. The molecule has 9 heterocycles. The van der Waals surface area contributed by atoms with Gasteiger partial charge in [0.2, 0.25) is 0 Å². The van der Waals surface area contributed by atoms with E-state index in [0.717, 1.165) is 15.6 Å². The summed E-state index contributed by atoms with van der Waals surface area (Å²) in [6, 6.07) is 111. The molecule has 12 heteroatoms. The molecule has 12 aromatic carbocycles. The van der Waals surface area contributed by atoms with Gasteiger partial charge >= 0.3 is 7.12 Å². The SMILES string of the molecule is CC1(C)OB(c2ccc3c(c2)c2ccccc2n3-c2ccccc2)OC1(C)C.CC1(C)c2cc(-c3ccc4c(c3)c3ccccc3n4-c3ccccc3)ccc2-c2ccc(-c3cc4c(s3)c3sccc3n4-c3ccccc3)cc21.CC1(C)c2cc(Br)ccc2-c2ccc(-c3cc4c(s3)c3sccc3n4-c3ccccc3)cc21. The maximum atomic E-state index is 6.27. The highest BCUT2D eigenvalue weighted by Crippen LogP contribution is 2.55. The van der Waals surface area contributed by atoms with Crippen molar-refractivity contribution in [2.24, 2.45) is 0 Å². The lowest BCUT2D eigenvalue weighted by molar-refractivity contribution is 0.00578. The van der Waals surface area contributed by atoms with Gasteiger partial charge in [0.15, 0.2) is 0 Å². The maximum absolute atomic E-state index is 6.27. The molecule has 8 aromatic heterocycles. The summed E-state index contributed by atoms with van der Waals surface area (Å²) in [5.74, 6) is 0. The van der Waals surface area contributed by atoms with Crippen LogP contribution < -0.4 is 5.46 Å². The Hall–Kier alpha value is -10.9. The van der Waals surface area contributed by atoms with E-state index in [1.807, 2.05) is 51.4 Å². The second-order valence-electron chi connectivity index (χ2n) is 32.0. The highest BCUT2D eigenvalue weighted by molar-refractivity contribution is 9.10. The molecule has 542 valence electrons. The van der Waals surface area contributed by atoms with E-state index in [4.69, 9.17) is 9.31 Å². The topological polar surface area (TPSA) is 38.2 Å². The number of aromatic nitrogens is 4. The smallest absolute Gasteiger partial charge is 0.399 e. The van der Waals surface area contributed by atoms with Gasteiger partial charge in [-0.15, -0.1) is 45.3 Å². The highest BCUT2D eigenvalue weighted by atomic mass is 79.9. The maximum Gasteiger partial charge on any atom is 0.494 e. The van der Waals surface area contributed by atoms with Crippen LogP contribution in [0.2, 0.25) is 0 Å². The average Bonchev–Trinajstić information content (AvgIpc) is 1.56. The Morgan fingerprint density at radius 3 is 1.09 bits per heavy atom. The third-order valence-electron chi connectivity index (χ3n) is 24.3. The number of rotatable bonds is 8. The van der Waals surface area contributed by atoms with Crippen LogP contribution in [0.5, 0.6) is 0 Å². The van der Waals surface area contributed by atoms with Crippen molar-refractivity contribution in [3.8, 4) is 77.0 Å². The van der Waals surface area contributed by atoms with Crippen molar-refractivity contribution >= 4 is 158 Å². The van der Waals surface area contributed by atoms with Gasteiger partial charge in [-0.1, -0.05) is 213 Å². The first-order valence-corrected chi connectivity index (χ1v) is 42.5. The van der Waals surface area contributed by atoms with E-state index >= 15 is 0 Å². The van der Waals surface area contributed by atoms with Gasteiger partial charge < -0.3 is 27.6 Å². The normalized spacial score (nSPS) is 14.8. The van der Waals surface area contributed by atoms with Crippen molar-refractivity contribution in [2.45, 2.75) is 77.4 Å². The summed E-state index contributed by atoms with van der Waals surface area (Å²) in [5, 5.41) is 9.43. The molecular formula is C100H76BBrN4O2S4. The second kappa shape index (κ2) is 26.1. The summed E-state index contributed by atoms with van der Waals surface area (Å²) < 4.78 is 28.7. The number of halogens is 1. The van der Waals surface area contributed by atoms with Crippen LogP contribution in [0.15, 0.2) is 319 Å². The lowest BCUT2D eigenvalue weighted by Crippen LogP contribution is -2.41. The van der Waals surface area contributed by atoms with Crippen LogP contribution in [0, 0.1) is 0 Å². The first-order chi connectivity index (χ1) is 54.4. The third-order valence-corrected chi connectivity index (χ3v) is 29.2. The van der Waals surface area contributed by atoms with Crippen molar-refractivity contribution in [3.05, 3.63) is 341 Å². The van der Waals surface area contributed by atoms with E-state index in [-0.39, 0.29) is 29.2 Å². The Labute approximate surface area is 675 Å². The summed E-state index contributed by atoms with van der Waals surface area (Å²) >= 11 is 11.2. The molecule has 0 radical (unpaired) electrons. The minimum atomic E-state index is -0.353. The van der Waals surface area contributed by atoms with Crippen LogP contribution in [-0.2, 0) is 20.1 Å². The Bertz CT molecular complexity index is 7150. The van der Waals surface area contributed by atoms with Crippen LogP contribution >= 0.6 is 61.3 Å². The molecule has 6 nitrogen and oxygen atoms in total. The molecule has 0 atom stereocenters. The monoisotopic (exact) mass is 1580 g/mol. The van der Waals surface area contributed by atoms with Gasteiger partial charge in [0.25, 0.3) is 0 Å². The van der Waals surface area contributed by atoms with Crippen LogP contribution in [-0.4, -0.2) is 36.6 Å². The summed E-state index contributed by atoms with van der Waals surface area (Å²) in [4.78, 5) is 2.65. The van der Waals surface area contributed by atoms with E-state index in [0.29, 0.717) is 0 Å². The predicted octanol–water partition coefficient (Wildman–Crippen LogP) is 28.4. The third kappa shape index (κ3) is 10.9. The fraction of sp³-hybridized carbons (Fsp3) is 0.120. The van der Waals surface area contributed by atoms with Gasteiger partial charge in [0, 0.05) is 69.4 Å². The quantitative estimate of drug-likeness (QED) is 0.142. The predicted molar refractivity (Wildman–Crippen MR) is 483 cm³/mol. The lowest BCUT2D eigenvalue weighted by Gasteiger charge is -2.32. The van der Waals surface area contributed by atoms with Crippen molar-refractivity contribution in [1.82, 2.24) is 18.3 Å². The highest BCUT2D eigenvalue weighted by Gasteiger charge is 2.52. The molecule has 1 saturated heterocycles. The van der Waals surface area contributed by atoms with E-state index in [9.17, 15) is 0 Å². The summed E-state index contributed by atoms with van der Waals surface area (Å²) in [6.07, 6.45) is 0. The van der Waals surface area contributed by atoms with E-state index in [1.54, 1.807) is 0 Å². The summed E-state index contributed by atoms with van der Waals surface area (Å²) in [7, 11) is -0.353. The van der Waals surface area contributed by atoms with E-state index in [2.05, 4.69) is 398 Å². The molecule has 1 aliphatic heterocycles. The Morgan fingerprint density at radius 2 is 0.634 bits per heavy atom. The summed E-state index contributed by atoms with van der Waals surface area (Å²) in [5.41, 5.74) is 31.2. The van der Waals surface area contributed by atoms with Gasteiger partial charge in [-0.2, -0.15) is 0 Å². The van der Waals surface area contributed by atoms with Gasteiger partial charge in [-0.3, -0.25) is 0 Å². The van der Waals surface area contributed by atoms with Crippen molar-refractivity contribution in [3.63, 3.8) is 0 Å². The zero-order chi connectivity index (χ0) is 75.7. The Kier molecular flexibility index (Phi) is 16.1. The minimum Gasteiger partial charge on any atom is -0.399 e. The van der Waals surface area contributed by atoms with Crippen LogP contribution in [0.25, 0.3) is 161 Å². The lowest BCUT2D eigenvalue weighted by atomic mass is 9.78. The fourth-order valence-corrected chi connectivity index (χ4v) is 22.6. The van der Waals surface area contributed by atoms with Crippen molar-refractivity contribution < 1.29 is 9.31 Å². The van der Waals surface area contributed by atoms with Crippen LogP contribution in [0.4, 0.5) is 0 Å². The molecular weight excluding hydrogens is 1510 g/mol. The molecule has 23 rings (SSSR count). The fourth-order valence-electron chi connectivity index (χ4n) is 17.9. The molecule has 0 bridgehead atoms. The number of hydrogen-bond donors (Lipinski definition) is 0. The van der Waals surface area contributed by atoms with E-state index < -0.39 is 0 Å². The van der Waals surface area contributed by atoms with Gasteiger partial charge in [0.1, 0.15) is 0 Å². The van der Waals surface area contributed by atoms with Crippen molar-refractivity contribution in [2.75, 3.05) is 0 Å². The van der Waals surface area contributed by atoms with Gasteiger partial charge in [0.05, 0.1) is 74.1 Å². The first-order valence-electron chi connectivity index (χ1n) is 38.4. The molecule has 0 unspecified atom stereocenters. The Morgan fingerprint density at radius 1 is 0.286 bits per heavy atom. The Balaban J connectivity index is 0.000000112. The number of para-hydroxylation sites is 6. The zero-order valence-corrected chi connectivity index (χ0v) is 68.1. The molecule has 0 N–H and O–H groups in total. The first kappa shape index (κ1) is 69.1. The molecule has 20 aromatic rings. The second-order valence-corrected chi connectivity index (χ2v) is 36.8. The molecule has 3 aliphatic rings. The number of thiophene rings is 4. The van der Waals surface area contributed by atoms with Crippen LogP contribution in [0.1, 0.15) is 77.6 Å². The number of nitrogens with zero attached hydrogens (tertiary/aromatic N) is 4. The number of hydrogen-bond acceptors (Lipinski definition) is 6. The molecule has 1 fully saturated rings. The van der Waals surface area contributed by atoms with E-state index in [1.165, 1.54) is 178 Å². The molecule has 0 amide bonds. The molecule has 112 heavy (non-hydrogen) atoms. The standard InChI is InChI=1S/C47H32N2S2.C29H20BrNS2.C24H24BNO2/c1-47(2)38-26-30(29-19-22-41-37(25-29)36-15-9-10-16-40(36)48(41)32-11-5-3-6-12-32)17-20-34(38)35-21-18-31(27-39(35)47)44-28-43-46(51-44)45-42(23-24-50-45)49(43)33-13-7-4-8-14-33;1-29(2)22-14-17(8-10-20(22)21-11-9-18(30)15-23(21)29)26-16-25-28(33-26)27-24(12-13-32-27)31(25)19-6-4-3-5-7-19;1-23(2)24(3,4)28-25(27-23)17-14-15-22-20(16-17)19-12-8-9-13-21(19)26(22)18-10-6-5-7-11-18/h3-28H,1-2H3;3-16H,1-2H3;5-16H,1-4H3. The molecule has 0 saturated carbocycles. The summed E-state index contributed by atoms with van der Waals surface area (Å²) in [6.45, 7) is 17.8. The van der Waals surface area contributed by atoms with Crippen molar-refractivity contribution in [1.29, 1.82) is 0 Å². The largest absolute Gasteiger partial charge is 0.494 e. The van der Waals surface area contributed by atoms with Gasteiger partial charge in [-0.05, 0) is 244 Å². The minimum absolute atomic E-state index is 0.0125. The number of benzene rings is 12. The van der Waals surface area contributed by atoms with Crippen LogP contribution in [0.3, 0.4) is 0 Å². The zero-order valence-electron chi connectivity index (χ0n) is 63.2. The molecule has 0 spiro atoms. The molecule has 2 aliphatic carbocycles. The number of fused-ring (bicyclic) bond motifs is 18. The van der Waals surface area contributed by atoms with Gasteiger partial charge in [-0.25, -0.2) is 0 Å².